The molecule has 15 heavy (non-hydrogen) atoms. The fraction of sp³-hybridized carbons (Fsp3) is 0.231. The Bertz CT molecular complexity index is 529. The van der Waals surface area contributed by atoms with Crippen LogP contribution >= 0.6 is 11.6 Å². The van der Waals surface area contributed by atoms with Crippen molar-refractivity contribution in [2.75, 3.05) is 5.88 Å². The highest BCUT2D eigenvalue weighted by atomic mass is 35.5. The molecule has 2 aliphatic carbocycles. The normalized spacial score (nSPS) is 34.1. The highest BCUT2D eigenvalue weighted by Crippen LogP contribution is 2.60. The lowest BCUT2D eigenvalue weighted by Gasteiger charge is -2.31. The van der Waals surface area contributed by atoms with Gasteiger partial charge in [0.1, 0.15) is 11.7 Å². The summed E-state index contributed by atoms with van der Waals surface area (Å²) in [6.07, 6.45) is 4.50. The highest BCUT2D eigenvalue weighted by Gasteiger charge is 2.61. The molecule has 1 aromatic carbocycles. The van der Waals surface area contributed by atoms with Gasteiger partial charge in [-0.05, 0) is 16.7 Å². The first kappa shape index (κ1) is 8.14. The van der Waals surface area contributed by atoms with Crippen molar-refractivity contribution in [3.8, 4) is 0 Å². The van der Waals surface area contributed by atoms with Crippen LogP contribution in [-0.4, -0.2) is 17.6 Å². The minimum absolute atomic E-state index is 0.194. The van der Waals surface area contributed by atoms with Crippen LogP contribution in [0.1, 0.15) is 11.1 Å². The first-order valence-corrected chi connectivity index (χ1v) is 5.67. The van der Waals surface area contributed by atoms with Crippen LogP contribution in [0, 0.1) is 0 Å². The molecule has 0 saturated carbocycles. The second-order valence-corrected chi connectivity index (χ2v) is 4.52. The molecule has 0 amide bonds. The van der Waals surface area contributed by atoms with Gasteiger partial charge < -0.3 is 4.74 Å². The monoisotopic (exact) mass is 216 g/mol. The molecule has 1 fully saturated rings. The molecule has 2 atom stereocenters. The van der Waals surface area contributed by atoms with E-state index in [2.05, 4.69) is 36.4 Å². The molecule has 2 heteroatoms. The topological polar surface area (TPSA) is 12.5 Å². The molecule has 1 saturated heterocycles. The SMILES string of the molecule is ClCC12OC1C=CC1=C2c2ccccc21. The Morgan fingerprint density at radius 1 is 1.27 bits per heavy atom. The summed E-state index contributed by atoms with van der Waals surface area (Å²) < 4.78 is 5.73. The molecule has 1 aliphatic heterocycles. The largest absolute Gasteiger partial charge is 0.355 e. The van der Waals surface area contributed by atoms with Gasteiger partial charge in [0, 0.05) is 5.57 Å². The number of ether oxygens (including phenoxy) is 1. The second kappa shape index (κ2) is 2.37. The molecule has 3 aliphatic rings. The molecule has 0 aromatic heterocycles. The molecular formula is C13H9ClO. The van der Waals surface area contributed by atoms with Crippen LogP contribution in [0.15, 0.2) is 36.4 Å². The number of rotatable bonds is 1. The van der Waals surface area contributed by atoms with E-state index in [0.717, 1.165) is 0 Å². The fourth-order valence-corrected chi connectivity index (χ4v) is 3.08. The minimum Gasteiger partial charge on any atom is -0.355 e. The van der Waals surface area contributed by atoms with Crippen molar-refractivity contribution in [1.29, 1.82) is 0 Å². The molecule has 1 heterocycles. The third-order valence-corrected chi connectivity index (χ3v) is 3.95. The summed E-state index contributed by atoms with van der Waals surface area (Å²) in [5, 5.41) is 0. The third kappa shape index (κ3) is 0.768. The van der Waals surface area contributed by atoms with E-state index in [4.69, 9.17) is 16.3 Å². The number of hydrogen-bond donors (Lipinski definition) is 0. The molecule has 0 radical (unpaired) electrons. The third-order valence-electron chi connectivity index (χ3n) is 3.55. The Kier molecular flexibility index (Phi) is 1.29. The molecular weight excluding hydrogens is 208 g/mol. The highest BCUT2D eigenvalue weighted by molar-refractivity contribution is 6.22. The lowest BCUT2D eigenvalue weighted by molar-refractivity contribution is 0.365. The van der Waals surface area contributed by atoms with Crippen LogP contribution in [0.25, 0.3) is 11.1 Å². The number of epoxide rings is 1. The zero-order valence-corrected chi connectivity index (χ0v) is 8.79. The van der Waals surface area contributed by atoms with E-state index in [0.29, 0.717) is 5.88 Å². The first-order chi connectivity index (χ1) is 7.37. The number of halogens is 1. The average Bonchev–Trinajstić information content (AvgIpc) is 2.97. The van der Waals surface area contributed by atoms with Crippen molar-refractivity contribution in [3.05, 3.63) is 47.5 Å². The van der Waals surface area contributed by atoms with E-state index >= 15 is 0 Å². The maximum atomic E-state index is 6.03. The van der Waals surface area contributed by atoms with Crippen molar-refractivity contribution in [2.24, 2.45) is 0 Å². The molecule has 1 aromatic rings. The van der Waals surface area contributed by atoms with E-state index in [1.54, 1.807) is 0 Å². The Labute approximate surface area is 93.0 Å². The quantitative estimate of drug-likeness (QED) is 0.520. The molecule has 0 N–H and O–H groups in total. The van der Waals surface area contributed by atoms with Crippen LogP contribution in [0.5, 0.6) is 0 Å². The maximum Gasteiger partial charge on any atom is 0.138 e. The van der Waals surface area contributed by atoms with Crippen LogP contribution in [-0.2, 0) is 4.74 Å². The minimum atomic E-state index is -0.194. The van der Waals surface area contributed by atoms with E-state index in [-0.39, 0.29) is 11.7 Å². The lowest BCUT2D eigenvalue weighted by atomic mass is 9.71. The number of benzene rings is 1. The van der Waals surface area contributed by atoms with Crippen LogP contribution < -0.4 is 0 Å². The number of fused-ring (bicyclic) bond motifs is 5. The van der Waals surface area contributed by atoms with Gasteiger partial charge in [0.15, 0.2) is 0 Å². The zero-order valence-electron chi connectivity index (χ0n) is 8.03. The first-order valence-electron chi connectivity index (χ1n) is 5.13. The Hall–Kier alpha value is -1.05. The van der Waals surface area contributed by atoms with Gasteiger partial charge in [-0.2, -0.15) is 0 Å². The molecule has 1 nitrogen and oxygen atoms in total. The van der Waals surface area contributed by atoms with Gasteiger partial charge >= 0.3 is 0 Å². The molecule has 2 unspecified atom stereocenters. The van der Waals surface area contributed by atoms with Gasteiger partial charge in [0.2, 0.25) is 0 Å². The van der Waals surface area contributed by atoms with Crippen LogP contribution in [0.4, 0.5) is 0 Å². The summed E-state index contributed by atoms with van der Waals surface area (Å²) in [7, 11) is 0. The van der Waals surface area contributed by atoms with Crippen molar-refractivity contribution in [1.82, 2.24) is 0 Å². The van der Waals surface area contributed by atoms with Crippen molar-refractivity contribution in [2.45, 2.75) is 11.7 Å². The van der Waals surface area contributed by atoms with E-state index in [1.165, 1.54) is 22.3 Å². The van der Waals surface area contributed by atoms with Gasteiger partial charge in [-0.15, -0.1) is 11.6 Å². The maximum absolute atomic E-state index is 6.03. The average molecular weight is 217 g/mol. The van der Waals surface area contributed by atoms with Crippen LogP contribution in [0.3, 0.4) is 0 Å². The Balaban J connectivity index is 1.94. The standard InChI is InChI=1S/C13H9ClO/c14-7-13-11(15-13)6-5-10-8-3-1-2-4-9(8)12(10)13/h1-6,11H,7H2. The van der Waals surface area contributed by atoms with Gasteiger partial charge in [-0.25, -0.2) is 0 Å². The van der Waals surface area contributed by atoms with Crippen molar-refractivity contribution >= 4 is 22.7 Å². The zero-order chi connectivity index (χ0) is 10.0. The Morgan fingerprint density at radius 3 is 2.87 bits per heavy atom. The van der Waals surface area contributed by atoms with E-state index < -0.39 is 0 Å². The summed E-state index contributed by atoms with van der Waals surface area (Å²) in [5.41, 5.74) is 5.10. The molecule has 4 rings (SSSR count). The second-order valence-electron chi connectivity index (χ2n) is 4.25. The number of allylic oxidation sites excluding steroid dienone is 2. The predicted molar refractivity (Wildman–Crippen MR) is 60.7 cm³/mol. The summed E-state index contributed by atoms with van der Waals surface area (Å²) in [6.45, 7) is 0. The molecule has 0 bridgehead atoms. The summed E-state index contributed by atoms with van der Waals surface area (Å²) in [4.78, 5) is 0. The van der Waals surface area contributed by atoms with Gasteiger partial charge in [0.25, 0.3) is 0 Å². The smallest absolute Gasteiger partial charge is 0.138 e. The molecule has 0 spiro atoms. The van der Waals surface area contributed by atoms with E-state index in [1.807, 2.05) is 0 Å². The predicted octanol–water partition coefficient (Wildman–Crippen LogP) is 2.86. The number of hydrogen-bond acceptors (Lipinski definition) is 1. The summed E-state index contributed by atoms with van der Waals surface area (Å²) in [6, 6.07) is 8.45. The van der Waals surface area contributed by atoms with Crippen molar-refractivity contribution < 1.29 is 4.74 Å². The van der Waals surface area contributed by atoms with Gasteiger partial charge in [0.05, 0.1) is 5.88 Å². The van der Waals surface area contributed by atoms with Gasteiger partial charge in [-0.1, -0.05) is 36.4 Å². The van der Waals surface area contributed by atoms with Crippen LogP contribution in [0.2, 0.25) is 0 Å². The van der Waals surface area contributed by atoms with Gasteiger partial charge in [-0.3, -0.25) is 0 Å². The Morgan fingerprint density at radius 2 is 2.07 bits per heavy atom. The van der Waals surface area contributed by atoms with Crippen molar-refractivity contribution in [3.63, 3.8) is 0 Å². The summed E-state index contributed by atoms with van der Waals surface area (Å²) >= 11 is 6.03. The lowest BCUT2D eigenvalue weighted by Crippen LogP contribution is -2.27. The number of alkyl halides is 1. The van der Waals surface area contributed by atoms with E-state index in [9.17, 15) is 0 Å². The summed E-state index contributed by atoms with van der Waals surface area (Å²) in [5.74, 6) is 0.551. The molecule has 74 valence electrons. The fourth-order valence-electron chi connectivity index (χ4n) is 2.73.